The van der Waals surface area contributed by atoms with E-state index in [1.807, 2.05) is 16.8 Å². The summed E-state index contributed by atoms with van der Waals surface area (Å²) in [5.41, 5.74) is 2.35. The first-order valence-corrected chi connectivity index (χ1v) is 9.64. The molecule has 4 nitrogen and oxygen atoms in total. The molecule has 136 valence electrons. The maximum absolute atomic E-state index is 12.9. The van der Waals surface area contributed by atoms with Crippen molar-refractivity contribution in [2.75, 3.05) is 13.6 Å². The maximum Gasteiger partial charge on any atom is 0.227 e. The molecule has 4 heteroatoms. The Morgan fingerprint density at radius 3 is 2.40 bits per heavy atom. The molecule has 2 fully saturated rings. The number of nitrogens with zero attached hydrogens (tertiary/aromatic N) is 2. The fraction of sp³-hybridized carbons (Fsp3) is 0.619. The zero-order valence-corrected chi connectivity index (χ0v) is 15.5. The lowest BCUT2D eigenvalue weighted by Crippen LogP contribution is -2.41. The van der Waals surface area contributed by atoms with Gasteiger partial charge in [-0.05, 0) is 25.3 Å². The lowest BCUT2D eigenvalue weighted by atomic mass is 10.0. The molecule has 1 heterocycles. The predicted octanol–water partition coefficient (Wildman–Crippen LogP) is 3.52. The van der Waals surface area contributed by atoms with E-state index in [-0.39, 0.29) is 17.7 Å². The van der Waals surface area contributed by atoms with E-state index in [1.54, 1.807) is 0 Å². The molecule has 0 bridgehead atoms. The third-order valence-corrected chi connectivity index (χ3v) is 5.78. The van der Waals surface area contributed by atoms with Crippen LogP contribution in [0.3, 0.4) is 0 Å². The van der Waals surface area contributed by atoms with Crippen LogP contribution in [-0.2, 0) is 16.1 Å². The minimum absolute atomic E-state index is 0.105. The van der Waals surface area contributed by atoms with Gasteiger partial charge in [0, 0.05) is 32.6 Å². The van der Waals surface area contributed by atoms with Gasteiger partial charge in [0.05, 0.1) is 5.92 Å². The van der Waals surface area contributed by atoms with Crippen LogP contribution in [0.25, 0.3) is 0 Å². The predicted molar refractivity (Wildman–Crippen MR) is 99.0 cm³/mol. The van der Waals surface area contributed by atoms with Gasteiger partial charge in [0.2, 0.25) is 11.8 Å². The zero-order chi connectivity index (χ0) is 17.8. The van der Waals surface area contributed by atoms with E-state index in [1.165, 1.54) is 31.2 Å². The molecule has 1 aromatic carbocycles. The highest BCUT2D eigenvalue weighted by atomic mass is 16.2. The van der Waals surface area contributed by atoms with Gasteiger partial charge in [-0.25, -0.2) is 0 Å². The Labute approximate surface area is 151 Å². The standard InChI is InChI=1S/C21H30N2O2/c1-16-9-11-17(12-10-16)14-23-15-18(13-20(23)24)21(25)22(2)19-7-5-3-4-6-8-19/h9-12,18-19H,3-8,13-15H2,1-2H3. The SMILES string of the molecule is Cc1ccc(CN2CC(C(=O)N(C)C3CCCCCC3)CC2=O)cc1. The van der Waals surface area contributed by atoms with E-state index < -0.39 is 0 Å². The topological polar surface area (TPSA) is 40.6 Å². The number of hydrogen-bond donors (Lipinski definition) is 0. The lowest BCUT2D eigenvalue weighted by molar-refractivity contribution is -0.136. The molecular formula is C21H30N2O2. The van der Waals surface area contributed by atoms with Crippen LogP contribution in [0.15, 0.2) is 24.3 Å². The molecule has 2 amide bonds. The molecule has 0 N–H and O–H groups in total. The average molecular weight is 342 g/mol. The van der Waals surface area contributed by atoms with Crippen LogP contribution in [-0.4, -0.2) is 41.2 Å². The molecule has 1 aliphatic carbocycles. The Morgan fingerprint density at radius 2 is 1.76 bits per heavy atom. The summed E-state index contributed by atoms with van der Waals surface area (Å²) in [6.45, 7) is 3.22. The first-order valence-electron chi connectivity index (χ1n) is 9.64. The van der Waals surface area contributed by atoms with Gasteiger partial charge in [0.25, 0.3) is 0 Å². The highest BCUT2D eigenvalue weighted by molar-refractivity contribution is 5.89. The van der Waals surface area contributed by atoms with Crippen molar-refractivity contribution in [3.63, 3.8) is 0 Å². The molecule has 1 aromatic rings. The summed E-state index contributed by atoms with van der Waals surface area (Å²) in [6, 6.07) is 8.62. The molecule has 3 rings (SSSR count). The second kappa shape index (κ2) is 8.03. The van der Waals surface area contributed by atoms with E-state index in [9.17, 15) is 9.59 Å². The summed E-state index contributed by atoms with van der Waals surface area (Å²) >= 11 is 0. The number of hydrogen-bond acceptors (Lipinski definition) is 2. The summed E-state index contributed by atoms with van der Waals surface area (Å²) in [5, 5.41) is 0. The monoisotopic (exact) mass is 342 g/mol. The van der Waals surface area contributed by atoms with Crippen LogP contribution in [0.1, 0.15) is 56.1 Å². The number of carbonyl (C=O) groups excluding carboxylic acids is 2. The van der Waals surface area contributed by atoms with Crippen LogP contribution < -0.4 is 0 Å². The summed E-state index contributed by atoms with van der Waals surface area (Å²) in [7, 11) is 1.94. The third-order valence-electron chi connectivity index (χ3n) is 5.78. The average Bonchev–Trinajstić information content (AvgIpc) is 2.81. The Morgan fingerprint density at radius 1 is 1.12 bits per heavy atom. The van der Waals surface area contributed by atoms with Crippen molar-refractivity contribution in [1.82, 2.24) is 9.80 Å². The maximum atomic E-state index is 12.9. The van der Waals surface area contributed by atoms with Gasteiger partial charge in [-0.2, -0.15) is 0 Å². The normalized spacial score (nSPS) is 22.1. The molecule has 1 saturated carbocycles. The van der Waals surface area contributed by atoms with E-state index >= 15 is 0 Å². The number of amides is 2. The van der Waals surface area contributed by atoms with Crippen LogP contribution in [0.5, 0.6) is 0 Å². The summed E-state index contributed by atoms with van der Waals surface area (Å²) < 4.78 is 0. The Kier molecular flexibility index (Phi) is 5.77. The van der Waals surface area contributed by atoms with Gasteiger partial charge < -0.3 is 9.80 Å². The number of rotatable bonds is 4. The van der Waals surface area contributed by atoms with Gasteiger partial charge in [-0.15, -0.1) is 0 Å². The van der Waals surface area contributed by atoms with Crippen LogP contribution in [0.2, 0.25) is 0 Å². The number of likely N-dealkylation sites (tertiary alicyclic amines) is 1. The van der Waals surface area contributed by atoms with Gasteiger partial charge in [0.1, 0.15) is 0 Å². The number of aryl methyl sites for hydroxylation is 1. The Hall–Kier alpha value is -1.84. The van der Waals surface area contributed by atoms with E-state index in [0.29, 0.717) is 25.6 Å². The van der Waals surface area contributed by atoms with Crippen molar-refractivity contribution in [3.8, 4) is 0 Å². The highest BCUT2D eigenvalue weighted by Gasteiger charge is 2.37. The largest absolute Gasteiger partial charge is 0.342 e. The van der Waals surface area contributed by atoms with Gasteiger partial charge >= 0.3 is 0 Å². The highest BCUT2D eigenvalue weighted by Crippen LogP contribution is 2.26. The van der Waals surface area contributed by atoms with Crippen LogP contribution in [0, 0.1) is 12.8 Å². The first kappa shape index (κ1) is 18.0. The van der Waals surface area contributed by atoms with Gasteiger partial charge in [0.15, 0.2) is 0 Å². The van der Waals surface area contributed by atoms with Gasteiger partial charge in [-0.3, -0.25) is 9.59 Å². The van der Waals surface area contributed by atoms with E-state index in [2.05, 4.69) is 31.2 Å². The van der Waals surface area contributed by atoms with E-state index in [0.717, 1.165) is 18.4 Å². The second-order valence-electron chi connectivity index (χ2n) is 7.76. The smallest absolute Gasteiger partial charge is 0.227 e. The van der Waals surface area contributed by atoms with Crippen molar-refractivity contribution >= 4 is 11.8 Å². The Bertz CT molecular complexity index is 603. The minimum atomic E-state index is -0.175. The second-order valence-corrected chi connectivity index (χ2v) is 7.76. The molecule has 1 saturated heterocycles. The number of carbonyl (C=O) groups is 2. The summed E-state index contributed by atoms with van der Waals surface area (Å²) in [4.78, 5) is 29.0. The Balaban J connectivity index is 1.59. The van der Waals surface area contributed by atoms with Crippen molar-refractivity contribution < 1.29 is 9.59 Å². The molecule has 25 heavy (non-hydrogen) atoms. The molecule has 2 aliphatic rings. The molecule has 0 aromatic heterocycles. The third kappa shape index (κ3) is 4.42. The number of benzene rings is 1. The fourth-order valence-electron chi connectivity index (χ4n) is 4.12. The summed E-state index contributed by atoms with van der Waals surface area (Å²) in [6.07, 6.45) is 7.57. The van der Waals surface area contributed by atoms with Crippen molar-refractivity contribution in [2.45, 2.75) is 64.5 Å². The molecule has 0 spiro atoms. The molecule has 1 unspecified atom stereocenters. The first-order chi connectivity index (χ1) is 12.0. The molecular weight excluding hydrogens is 312 g/mol. The van der Waals surface area contributed by atoms with Crippen molar-refractivity contribution in [2.24, 2.45) is 5.92 Å². The molecule has 0 radical (unpaired) electrons. The van der Waals surface area contributed by atoms with Crippen LogP contribution >= 0.6 is 0 Å². The van der Waals surface area contributed by atoms with E-state index in [4.69, 9.17) is 0 Å². The lowest BCUT2D eigenvalue weighted by Gasteiger charge is -2.29. The molecule has 1 atom stereocenters. The molecule has 1 aliphatic heterocycles. The van der Waals surface area contributed by atoms with Gasteiger partial charge in [-0.1, -0.05) is 55.5 Å². The summed E-state index contributed by atoms with van der Waals surface area (Å²) in [5.74, 6) is 0.0889. The fourth-order valence-corrected chi connectivity index (χ4v) is 4.12. The van der Waals surface area contributed by atoms with Crippen LogP contribution in [0.4, 0.5) is 0 Å². The quantitative estimate of drug-likeness (QED) is 0.786. The zero-order valence-electron chi connectivity index (χ0n) is 15.5. The van der Waals surface area contributed by atoms with Crippen molar-refractivity contribution in [1.29, 1.82) is 0 Å². The van der Waals surface area contributed by atoms with Crippen molar-refractivity contribution in [3.05, 3.63) is 35.4 Å². The minimum Gasteiger partial charge on any atom is -0.342 e.